The van der Waals surface area contributed by atoms with E-state index in [0.29, 0.717) is 0 Å². The molecule has 0 radical (unpaired) electrons. The van der Waals surface area contributed by atoms with E-state index in [9.17, 15) is 5.11 Å². The van der Waals surface area contributed by atoms with Crippen LogP contribution in [0.4, 0.5) is 0 Å². The predicted molar refractivity (Wildman–Crippen MR) is 65.8 cm³/mol. The number of aliphatic hydroxyl groups excluding tert-OH is 1. The fourth-order valence-electron chi connectivity index (χ4n) is 3.01. The van der Waals surface area contributed by atoms with Crippen LogP contribution in [-0.2, 0) is 11.3 Å². The number of rotatable bonds is 2. The fourth-order valence-corrected chi connectivity index (χ4v) is 3.01. The third-order valence-corrected chi connectivity index (χ3v) is 3.95. The van der Waals surface area contributed by atoms with E-state index in [2.05, 4.69) is 14.9 Å². The lowest BCUT2D eigenvalue weighted by Crippen LogP contribution is -2.56. The van der Waals surface area contributed by atoms with Crippen molar-refractivity contribution in [3.8, 4) is 0 Å². The largest absolute Gasteiger partial charge is 0.390 e. The Morgan fingerprint density at radius 1 is 1.50 bits per heavy atom. The minimum atomic E-state index is -0.333. The summed E-state index contributed by atoms with van der Waals surface area (Å²) >= 11 is 0. The van der Waals surface area contributed by atoms with Crippen molar-refractivity contribution in [3.63, 3.8) is 0 Å². The van der Waals surface area contributed by atoms with Gasteiger partial charge in [0.25, 0.3) is 0 Å². The topological polar surface area (TPSA) is 58.5 Å². The molecule has 98 valence electrons. The first-order chi connectivity index (χ1) is 8.78. The van der Waals surface area contributed by atoms with Gasteiger partial charge >= 0.3 is 0 Å². The third-order valence-electron chi connectivity index (χ3n) is 3.95. The first-order valence-corrected chi connectivity index (χ1v) is 6.58. The molecule has 3 heterocycles. The summed E-state index contributed by atoms with van der Waals surface area (Å²) in [6.45, 7) is 3.25. The normalized spacial score (nSPS) is 33.1. The first kappa shape index (κ1) is 12.0. The molecular formula is C13H19N3O2. The average molecular weight is 249 g/mol. The Kier molecular flexibility index (Phi) is 3.28. The van der Waals surface area contributed by atoms with Crippen LogP contribution < -0.4 is 0 Å². The van der Waals surface area contributed by atoms with Crippen molar-refractivity contribution in [2.45, 2.75) is 37.5 Å². The zero-order valence-corrected chi connectivity index (χ0v) is 10.5. The summed E-state index contributed by atoms with van der Waals surface area (Å²) < 4.78 is 5.83. The SMILES string of the molecule is O[C@H]1CCN(Cc2cnccn2)C[C@@]12CCCO2. The monoisotopic (exact) mass is 249 g/mol. The lowest BCUT2D eigenvalue weighted by molar-refractivity contribution is -0.132. The predicted octanol–water partition coefficient (Wildman–Crippen LogP) is 0.592. The molecular weight excluding hydrogens is 230 g/mol. The zero-order valence-electron chi connectivity index (χ0n) is 10.5. The molecule has 5 nitrogen and oxygen atoms in total. The van der Waals surface area contributed by atoms with Crippen LogP contribution >= 0.6 is 0 Å². The minimum absolute atomic E-state index is 0.321. The lowest BCUT2D eigenvalue weighted by Gasteiger charge is -2.43. The molecule has 3 rings (SSSR count). The summed E-state index contributed by atoms with van der Waals surface area (Å²) in [4.78, 5) is 10.7. The minimum Gasteiger partial charge on any atom is -0.390 e. The van der Waals surface area contributed by atoms with Crippen LogP contribution in [0.5, 0.6) is 0 Å². The molecule has 0 bridgehead atoms. The van der Waals surface area contributed by atoms with Crippen molar-refractivity contribution in [2.75, 3.05) is 19.7 Å². The molecule has 2 saturated heterocycles. The number of hydrogen-bond donors (Lipinski definition) is 1. The number of ether oxygens (including phenoxy) is 1. The van der Waals surface area contributed by atoms with E-state index in [1.807, 2.05) is 0 Å². The molecule has 5 heteroatoms. The molecule has 0 unspecified atom stereocenters. The van der Waals surface area contributed by atoms with Crippen molar-refractivity contribution < 1.29 is 9.84 Å². The standard InChI is InChI=1S/C13H19N3O2/c17-12-2-6-16(9-11-8-14-4-5-15-11)10-13(12)3-1-7-18-13/h4-5,8,12,17H,1-3,6-7,9-10H2/t12-,13-/m0/s1. The van der Waals surface area contributed by atoms with E-state index in [4.69, 9.17) is 4.74 Å². The highest BCUT2D eigenvalue weighted by Gasteiger charge is 2.45. The summed E-state index contributed by atoms with van der Waals surface area (Å²) in [6.07, 6.45) is 7.67. The summed E-state index contributed by atoms with van der Waals surface area (Å²) in [6, 6.07) is 0. The van der Waals surface area contributed by atoms with Gasteiger partial charge in [-0.3, -0.25) is 14.9 Å². The number of nitrogens with zero attached hydrogens (tertiary/aromatic N) is 3. The fraction of sp³-hybridized carbons (Fsp3) is 0.692. The van der Waals surface area contributed by atoms with Crippen LogP contribution in [-0.4, -0.2) is 51.4 Å². The second kappa shape index (κ2) is 4.91. The zero-order chi connectivity index (χ0) is 12.4. The molecule has 1 aromatic rings. The van der Waals surface area contributed by atoms with Crippen LogP contribution in [0.25, 0.3) is 0 Å². The van der Waals surface area contributed by atoms with Crippen molar-refractivity contribution >= 4 is 0 Å². The van der Waals surface area contributed by atoms with Gasteiger partial charge in [0.1, 0.15) is 5.60 Å². The van der Waals surface area contributed by atoms with Gasteiger partial charge in [-0.25, -0.2) is 0 Å². The molecule has 0 amide bonds. The van der Waals surface area contributed by atoms with Gasteiger partial charge in [-0.2, -0.15) is 0 Å². The molecule has 1 N–H and O–H groups in total. The number of aromatic nitrogens is 2. The number of piperidine rings is 1. The Morgan fingerprint density at radius 2 is 2.44 bits per heavy atom. The lowest BCUT2D eigenvalue weighted by atomic mass is 9.87. The van der Waals surface area contributed by atoms with E-state index in [-0.39, 0.29) is 11.7 Å². The summed E-state index contributed by atoms with van der Waals surface area (Å²) in [5.41, 5.74) is 0.641. The Morgan fingerprint density at radius 3 is 3.17 bits per heavy atom. The Balaban J connectivity index is 1.68. The van der Waals surface area contributed by atoms with E-state index in [1.165, 1.54) is 0 Å². The van der Waals surface area contributed by atoms with Crippen molar-refractivity contribution in [2.24, 2.45) is 0 Å². The highest BCUT2D eigenvalue weighted by molar-refractivity contribution is 5.01. The van der Waals surface area contributed by atoms with Gasteiger partial charge in [0.05, 0.1) is 11.8 Å². The molecule has 2 aliphatic heterocycles. The Hall–Kier alpha value is -1.04. The molecule has 2 atom stereocenters. The molecule has 2 fully saturated rings. The summed E-state index contributed by atoms with van der Waals surface area (Å²) in [7, 11) is 0. The number of likely N-dealkylation sites (tertiary alicyclic amines) is 1. The van der Waals surface area contributed by atoms with E-state index >= 15 is 0 Å². The quantitative estimate of drug-likeness (QED) is 0.831. The summed E-state index contributed by atoms with van der Waals surface area (Å²) in [5.74, 6) is 0. The molecule has 1 aromatic heterocycles. The van der Waals surface area contributed by atoms with E-state index < -0.39 is 0 Å². The van der Waals surface area contributed by atoms with Crippen molar-refractivity contribution in [3.05, 3.63) is 24.3 Å². The van der Waals surface area contributed by atoms with Gasteiger partial charge in [-0.15, -0.1) is 0 Å². The maximum atomic E-state index is 10.2. The van der Waals surface area contributed by atoms with E-state index in [0.717, 1.165) is 51.2 Å². The number of aliphatic hydroxyl groups is 1. The van der Waals surface area contributed by atoms with Crippen molar-refractivity contribution in [1.82, 2.24) is 14.9 Å². The number of hydrogen-bond acceptors (Lipinski definition) is 5. The molecule has 0 saturated carbocycles. The Labute approximate surface area is 107 Å². The van der Waals surface area contributed by atoms with Crippen molar-refractivity contribution in [1.29, 1.82) is 0 Å². The maximum Gasteiger partial charge on any atom is 0.107 e. The van der Waals surface area contributed by atoms with Crippen LogP contribution in [0.15, 0.2) is 18.6 Å². The second-order valence-corrected chi connectivity index (χ2v) is 5.23. The van der Waals surface area contributed by atoms with Crippen LogP contribution in [0.2, 0.25) is 0 Å². The molecule has 1 spiro atoms. The van der Waals surface area contributed by atoms with Crippen LogP contribution in [0, 0.1) is 0 Å². The van der Waals surface area contributed by atoms with Gasteiger partial charge in [0.2, 0.25) is 0 Å². The van der Waals surface area contributed by atoms with Gasteiger partial charge < -0.3 is 9.84 Å². The smallest absolute Gasteiger partial charge is 0.107 e. The first-order valence-electron chi connectivity index (χ1n) is 6.58. The molecule has 0 aliphatic carbocycles. The molecule has 18 heavy (non-hydrogen) atoms. The van der Waals surface area contributed by atoms with Gasteiger partial charge in [0.15, 0.2) is 0 Å². The highest BCUT2D eigenvalue weighted by atomic mass is 16.5. The maximum absolute atomic E-state index is 10.2. The van der Waals surface area contributed by atoms with Gasteiger partial charge in [-0.05, 0) is 19.3 Å². The van der Waals surface area contributed by atoms with Crippen LogP contribution in [0.3, 0.4) is 0 Å². The van der Waals surface area contributed by atoms with Gasteiger partial charge in [0, 0.05) is 44.8 Å². The van der Waals surface area contributed by atoms with Crippen LogP contribution in [0.1, 0.15) is 25.0 Å². The Bertz CT molecular complexity index is 392. The molecule has 2 aliphatic rings. The summed E-state index contributed by atoms with van der Waals surface area (Å²) in [5, 5.41) is 10.2. The van der Waals surface area contributed by atoms with Gasteiger partial charge in [-0.1, -0.05) is 0 Å². The highest BCUT2D eigenvalue weighted by Crippen LogP contribution is 2.35. The average Bonchev–Trinajstić information content (AvgIpc) is 2.85. The van der Waals surface area contributed by atoms with E-state index in [1.54, 1.807) is 18.6 Å². The molecule has 0 aromatic carbocycles. The second-order valence-electron chi connectivity index (χ2n) is 5.23. The third kappa shape index (κ3) is 2.25.